The first-order valence-electron chi connectivity index (χ1n) is 5.04. The van der Waals surface area contributed by atoms with Crippen molar-refractivity contribution < 1.29 is 4.42 Å². The lowest BCUT2D eigenvalue weighted by Gasteiger charge is -2.04. The van der Waals surface area contributed by atoms with Crippen LogP contribution in [0.1, 0.15) is 5.89 Å². The van der Waals surface area contributed by atoms with E-state index >= 15 is 0 Å². The largest absolute Gasteiger partial charge is 0.416 e. The van der Waals surface area contributed by atoms with Gasteiger partial charge in [0, 0.05) is 19.3 Å². The lowest BCUT2D eigenvalue weighted by molar-refractivity contribution is 0.429. The van der Waals surface area contributed by atoms with E-state index in [4.69, 9.17) is 10.3 Å². The molecule has 0 spiro atoms. The molecule has 0 aliphatic heterocycles. The molecule has 0 unspecified atom stereocenters. The number of aromatic nitrogens is 5. The maximum Gasteiger partial charge on any atom is 0.283 e. The highest BCUT2D eigenvalue weighted by Gasteiger charge is 2.12. The molecule has 0 aliphatic rings. The van der Waals surface area contributed by atoms with Crippen molar-refractivity contribution in [3.63, 3.8) is 0 Å². The second-order valence-electron chi connectivity index (χ2n) is 3.42. The molecular weight excluding hydrogens is 254 g/mol. The van der Waals surface area contributed by atoms with Crippen LogP contribution < -0.4 is 11.3 Å². The molecule has 0 saturated heterocycles. The van der Waals surface area contributed by atoms with E-state index in [0.29, 0.717) is 27.6 Å². The van der Waals surface area contributed by atoms with E-state index in [1.165, 1.54) is 11.8 Å². The van der Waals surface area contributed by atoms with Crippen LogP contribution in [0, 0.1) is 6.92 Å². The molecule has 0 amide bonds. The Balaban J connectivity index is 2.06. The van der Waals surface area contributed by atoms with Crippen LogP contribution in [0.5, 0.6) is 0 Å². The van der Waals surface area contributed by atoms with Crippen molar-refractivity contribution in [1.82, 2.24) is 24.6 Å². The molecule has 3 aromatic rings. The van der Waals surface area contributed by atoms with E-state index in [-0.39, 0.29) is 0 Å². The summed E-state index contributed by atoms with van der Waals surface area (Å²) >= 11 is 1.24. The molecule has 3 heterocycles. The number of nitrogens with one attached hydrogen (secondary N) is 1. The first-order valence-corrected chi connectivity index (χ1v) is 5.86. The Bertz CT molecular complexity index is 691. The fraction of sp³-hybridized carbons (Fsp3) is 0.111. The van der Waals surface area contributed by atoms with Crippen LogP contribution in [-0.4, -0.2) is 24.6 Å². The summed E-state index contributed by atoms with van der Waals surface area (Å²) < 4.78 is 7.11. The number of hydrogen-bond acceptors (Lipinski definition) is 8. The number of rotatable bonds is 3. The van der Waals surface area contributed by atoms with Crippen molar-refractivity contribution >= 4 is 23.2 Å². The first-order chi connectivity index (χ1) is 8.76. The van der Waals surface area contributed by atoms with Gasteiger partial charge >= 0.3 is 0 Å². The number of imidazole rings is 1. The summed E-state index contributed by atoms with van der Waals surface area (Å²) in [5, 5.41) is 8.72. The standard InChI is InChI=1S/C9H9N7OS/c1-5-14-15-9(17-5)18-8-7-11-2-3-16(7)4-6(12-8)13-10/h2-4,13H,10H2,1H3. The van der Waals surface area contributed by atoms with E-state index < -0.39 is 0 Å². The minimum Gasteiger partial charge on any atom is -0.416 e. The van der Waals surface area contributed by atoms with Gasteiger partial charge in [0.25, 0.3) is 5.22 Å². The summed E-state index contributed by atoms with van der Waals surface area (Å²) in [5.41, 5.74) is 3.20. The molecule has 0 radical (unpaired) electrons. The summed E-state index contributed by atoms with van der Waals surface area (Å²) in [7, 11) is 0. The third kappa shape index (κ3) is 1.89. The predicted molar refractivity (Wildman–Crippen MR) is 64.0 cm³/mol. The second kappa shape index (κ2) is 4.27. The third-order valence-corrected chi connectivity index (χ3v) is 2.99. The number of nitrogens with two attached hydrogens (primary N) is 1. The Morgan fingerprint density at radius 3 is 3.06 bits per heavy atom. The average Bonchev–Trinajstić information content (AvgIpc) is 2.98. The quantitative estimate of drug-likeness (QED) is 0.529. The molecule has 0 aliphatic carbocycles. The van der Waals surface area contributed by atoms with Crippen LogP contribution in [0.4, 0.5) is 5.82 Å². The Morgan fingerprint density at radius 2 is 2.33 bits per heavy atom. The Hall–Kier alpha value is -2.13. The number of nitrogens with zero attached hydrogens (tertiary/aromatic N) is 5. The van der Waals surface area contributed by atoms with E-state index in [2.05, 4.69) is 25.6 Å². The highest BCUT2D eigenvalue weighted by Crippen LogP contribution is 2.28. The minimum absolute atomic E-state index is 0.416. The predicted octanol–water partition coefficient (Wildman–Crippen LogP) is 0.858. The van der Waals surface area contributed by atoms with Gasteiger partial charge in [-0.25, -0.2) is 15.8 Å². The zero-order valence-corrected chi connectivity index (χ0v) is 10.2. The summed E-state index contributed by atoms with van der Waals surface area (Å²) in [5.74, 6) is 6.40. The van der Waals surface area contributed by atoms with Crippen LogP contribution >= 0.6 is 11.8 Å². The van der Waals surface area contributed by atoms with Gasteiger partial charge in [0.15, 0.2) is 16.5 Å². The number of hydrazine groups is 1. The number of hydrogen-bond donors (Lipinski definition) is 2. The maximum absolute atomic E-state index is 5.37. The Morgan fingerprint density at radius 1 is 1.44 bits per heavy atom. The number of nitrogen functional groups attached to an aromatic ring is 1. The third-order valence-electron chi connectivity index (χ3n) is 2.18. The molecule has 3 aromatic heterocycles. The van der Waals surface area contributed by atoms with Gasteiger partial charge in [0.05, 0.1) is 6.20 Å². The van der Waals surface area contributed by atoms with Gasteiger partial charge in [-0.2, -0.15) is 0 Å². The van der Waals surface area contributed by atoms with E-state index in [1.54, 1.807) is 25.5 Å². The molecule has 8 nitrogen and oxygen atoms in total. The van der Waals surface area contributed by atoms with Crippen molar-refractivity contribution in [3.05, 3.63) is 24.5 Å². The lowest BCUT2D eigenvalue weighted by atomic mass is 10.6. The molecular formula is C9H9N7OS. The molecule has 0 atom stereocenters. The smallest absolute Gasteiger partial charge is 0.283 e. The fourth-order valence-corrected chi connectivity index (χ4v) is 2.25. The topological polar surface area (TPSA) is 107 Å². The molecule has 0 fully saturated rings. The molecule has 9 heteroatoms. The maximum atomic E-state index is 5.37. The summed E-state index contributed by atoms with van der Waals surface area (Å²) in [6.45, 7) is 1.73. The zero-order chi connectivity index (χ0) is 12.5. The highest BCUT2D eigenvalue weighted by molar-refractivity contribution is 7.99. The van der Waals surface area contributed by atoms with Gasteiger partial charge in [-0.05, 0) is 11.8 Å². The van der Waals surface area contributed by atoms with Crippen molar-refractivity contribution in [1.29, 1.82) is 0 Å². The van der Waals surface area contributed by atoms with Crippen LogP contribution in [0.25, 0.3) is 5.65 Å². The van der Waals surface area contributed by atoms with E-state index in [0.717, 1.165) is 0 Å². The fourth-order valence-electron chi connectivity index (χ4n) is 1.44. The van der Waals surface area contributed by atoms with Crippen LogP contribution in [-0.2, 0) is 0 Å². The van der Waals surface area contributed by atoms with Crippen molar-refractivity contribution in [2.75, 3.05) is 5.43 Å². The lowest BCUT2D eigenvalue weighted by Crippen LogP contribution is -2.10. The monoisotopic (exact) mass is 263 g/mol. The molecule has 3 rings (SSSR count). The number of fused-ring (bicyclic) bond motifs is 1. The summed E-state index contributed by atoms with van der Waals surface area (Å²) in [4.78, 5) is 8.53. The van der Waals surface area contributed by atoms with Gasteiger partial charge in [-0.1, -0.05) is 0 Å². The summed E-state index contributed by atoms with van der Waals surface area (Å²) in [6.07, 6.45) is 5.23. The SMILES string of the molecule is Cc1nnc(Sc2nc(NN)cn3ccnc23)o1. The van der Waals surface area contributed by atoms with Gasteiger partial charge in [-0.15, -0.1) is 10.2 Å². The van der Waals surface area contributed by atoms with Gasteiger partial charge in [-0.3, -0.25) is 0 Å². The molecule has 18 heavy (non-hydrogen) atoms. The normalized spacial score (nSPS) is 11.0. The minimum atomic E-state index is 0.416. The first kappa shape index (κ1) is 11.0. The molecule has 0 bridgehead atoms. The second-order valence-corrected chi connectivity index (χ2v) is 4.36. The highest BCUT2D eigenvalue weighted by atomic mass is 32.2. The van der Waals surface area contributed by atoms with Crippen LogP contribution in [0.15, 0.2) is 33.3 Å². The van der Waals surface area contributed by atoms with Crippen LogP contribution in [0.3, 0.4) is 0 Å². The van der Waals surface area contributed by atoms with E-state index in [1.807, 2.05) is 4.40 Å². The Labute approximate surface area is 106 Å². The van der Waals surface area contributed by atoms with Crippen molar-refractivity contribution in [2.45, 2.75) is 17.2 Å². The Kier molecular flexibility index (Phi) is 2.61. The van der Waals surface area contributed by atoms with Gasteiger partial charge < -0.3 is 14.2 Å². The number of aryl methyl sites for hydroxylation is 1. The molecule has 0 aromatic carbocycles. The van der Waals surface area contributed by atoms with Gasteiger partial charge in [0.1, 0.15) is 0 Å². The zero-order valence-electron chi connectivity index (χ0n) is 9.36. The van der Waals surface area contributed by atoms with Crippen molar-refractivity contribution in [2.24, 2.45) is 5.84 Å². The molecule has 92 valence electrons. The van der Waals surface area contributed by atoms with Crippen LogP contribution in [0.2, 0.25) is 0 Å². The van der Waals surface area contributed by atoms with Crippen molar-refractivity contribution in [3.8, 4) is 0 Å². The molecule has 0 saturated carbocycles. The van der Waals surface area contributed by atoms with E-state index in [9.17, 15) is 0 Å². The average molecular weight is 263 g/mol. The number of anilines is 1. The summed E-state index contributed by atoms with van der Waals surface area (Å²) in [6, 6.07) is 0. The van der Waals surface area contributed by atoms with Gasteiger partial charge in [0.2, 0.25) is 5.89 Å². The molecule has 3 N–H and O–H groups in total.